The lowest BCUT2D eigenvalue weighted by molar-refractivity contribution is -0.112. The van der Waals surface area contributed by atoms with Gasteiger partial charge in [-0.25, -0.2) is 0 Å². The molecule has 0 radical (unpaired) electrons. The average molecular weight is 373 g/mol. The minimum absolute atomic E-state index is 0.0626. The second-order valence-electron chi connectivity index (χ2n) is 4.38. The molecule has 0 saturated heterocycles. The van der Waals surface area contributed by atoms with Crippen LogP contribution in [0.25, 0.3) is 6.08 Å². The highest BCUT2D eigenvalue weighted by Crippen LogP contribution is 2.22. The highest BCUT2D eigenvalue weighted by atomic mass is 79.9. The van der Waals surface area contributed by atoms with Gasteiger partial charge in [-0.05, 0) is 58.1 Å². The molecular formula is C17H13BrN2OS. The van der Waals surface area contributed by atoms with Gasteiger partial charge in [0.2, 0.25) is 0 Å². The first-order valence-corrected chi connectivity index (χ1v) is 8.47. The highest BCUT2D eigenvalue weighted by molar-refractivity contribution is 9.10. The molecule has 1 amide bonds. The number of hydrogen-bond acceptors (Lipinski definition) is 3. The Kier molecular flexibility index (Phi) is 5.82. The largest absolute Gasteiger partial charge is 0.320 e. The number of thioether (sulfide) groups is 1. The van der Waals surface area contributed by atoms with Gasteiger partial charge in [0.05, 0.1) is 5.69 Å². The Labute approximate surface area is 142 Å². The number of amides is 1. The number of nitrogens with one attached hydrogen (secondary N) is 1. The number of anilines is 1. The van der Waals surface area contributed by atoms with Crippen molar-refractivity contribution in [3.05, 3.63) is 64.1 Å². The van der Waals surface area contributed by atoms with E-state index in [1.165, 1.54) is 0 Å². The van der Waals surface area contributed by atoms with Gasteiger partial charge in [0, 0.05) is 9.37 Å². The first-order chi connectivity index (χ1) is 10.6. The van der Waals surface area contributed by atoms with Gasteiger partial charge in [-0.3, -0.25) is 4.79 Å². The fraction of sp³-hybridized carbons (Fsp3) is 0.0588. The molecule has 5 heteroatoms. The molecule has 0 fully saturated rings. The van der Waals surface area contributed by atoms with Gasteiger partial charge in [-0.15, -0.1) is 11.8 Å². The predicted octanol–water partition coefficient (Wildman–Crippen LogP) is 4.72. The minimum atomic E-state index is -0.427. The second kappa shape index (κ2) is 7.83. The average Bonchev–Trinajstić information content (AvgIpc) is 2.55. The Balaban J connectivity index is 2.20. The first kappa shape index (κ1) is 16.3. The summed E-state index contributed by atoms with van der Waals surface area (Å²) in [5.41, 5.74) is 1.51. The summed E-state index contributed by atoms with van der Waals surface area (Å²) in [4.78, 5) is 13.3. The van der Waals surface area contributed by atoms with E-state index < -0.39 is 5.91 Å². The van der Waals surface area contributed by atoms with Crippen molar-refractivity contribution in [1.82, 2.24) is 0 Å². The molecule has 0 aliphatic heterocycles. The van der Waals surface area contributed by atoms with Crippen LogP contribution < -0.4 is 5.32 Å². The maximum atomic E-state index is 12.2. The van der Waals surface area contributed by atoms with Crippen molar-refractivity contribution in [1.29, 1.82) is 5.26 Å². The van der Waals surface area contributed by atoms with Gasteiger partial charge >= 0.3 is 0 Å². The standard InChI is InChI=1S/C17H13BrN2OS/c1-22-14-8-6-12(7-9-14)10-13(11-19)17(21)20-16-5-3-2-4-15(16)18/h2-10H,1H3,(H,20,21). The van der Waals surface area contributed by atoms with Crippen molar-refractivity contribution in [3.8, 4) is 6.07 Å². The summed E-state index contributed by atoms with van der Waals surface area (Å²) in [5, 5.41) is 11.9. The fourth-order valence-electron chi connectivity index (χ4n) is 1.77. The van der Waals surface area contributed by atoms with Crippen molar-refractivity contribution in [2.75, 3.05) is 11.6 Å². The molecule has 22 heavy (non-hydrogen) atoms. The lowest BCUT2D eigenvalue weighted by Crippen LogP contribution is -2.13. The van der Waals surface area contributed by atoms with Crippen LogP contribution in [0.5, 0.6) is 0 Å². The van der Waals surface area contributed by atoms with Crippen molar-refractivity contribution >= 4 is 45.4 Å². The van der Waals surface area contributed by atoms with Crippen LogP contribution >= 0.6 is 27.7 Å². The molecular weight excluding hydrogens is 360 g/mol. The van der Waals surface area contributed by atoms with Crippen LogP contribution in [0.1, 0.15) is 5.56 Å². The molecule has 3 nitrogen and oxygen atoms in total. The van der Waals surface area contributed by atoms with E-state index in [-0.39, 0.29) is 5.57 Å². The number of rotatable bonds is 4. The van der Waals surface area contributed by atoms with Crippen molar-refractivity contribution in [3.63, 3.8) is 0 Å². The molecule has 0 saturated carbocycles. The number of halogens is 1. The molecule has 0 aliphatic carbocycles. The lowest BCUT2D eigenvalue weighted by Gasteiger charge is -2.06. The third-order valence-electron chi connectivity index (χ3n) is 2.91. The number of carbonyl (C=O) groups is 1. The zero-order valence-electron chi connectivity index (χ0n) is 11.8. The summed E-state index contributed by atoms with van der Waals surface area (Å²) in [6, 6.07) is 16.9. The smallest absolute Gasteiger partial charge is 0.266 e. The number of nitriles is 1. The van der Waals surface area contributed by atoms with Crippen molar-refractivity contribution in [2.45, 2.75) is 4.90 Å². The number of para-hydroxylation sites is 1. The van der Waals surface area contributed by atoms with Crippen LogP contribution in [0, 0.1) is 11.3 Å². The summed E-state index contributed by atoms with van der Waals surface area (Å²) in [5.74, 6) is -0.427. The number of benzene rings is 2. The first-order valence-electron chi connectivity index (χ1n) is 6.46. The third-order valence-corrected chi connectivity index (χ3v) is 4.35. The zero-order chi connectivity index (χ0) is 15.9. The van der Waals surface area contributed by atoms with Crippen LogP contribution in [0.3, 0.4) is 0 Å². The molecule has 0 spiro atoms. The molecule has 0 atom stereocenters. The molecule has 0 unspecified atom stereocenters. The van der Waals surface area contributed by atoms with E-state index in [1.807, 2.05) is 54.8 Å². The van der Waals surface area contributed by atoms with Crippen molar-refractivity contribution in [2.24, 2.45) is 0 Å². The van der Waals surface area contributed by atoms with Crippen LogP contribution in [-0.2, 0) is 4.79 Å². The quantitative estimate of drug-likeness (QED) is 0.480. The van der Waals surface area contributed by atoms with E-state index in [0.717, 1.165) is 14.9 Å². The maximum Gasteiger partial charge on any atom is 0.266 e. The van der Waals surface area contributed by atoms with Gasteiger partial charge in [0.25, 0.3) is 5.91 Å². The Morgan fingerprint density at radius 1 is 1.23 bits per heavy atom. The van der Waals surface area contributed by atoms with Gasteiger partial charge in [0.15, 0.2) is 0 Å². The van der Waals surface area contributed by atoms with E-state index in [0.29, 0.717) is 5.69 Å². The van der Waals surface area contributed by atoms with Gasteiger partial charge in [-0.2, -0.15) is 5.26 Å². The Morgan fingerprint density at radius 3 is 2.50 bits per heavy atom. The zero-order valence-corrected chi connectivity index (χ0v) is 14.2. The molecule has 110 valence electrons. The molecule has 1 N–H and O–H groups in total. The molecule has 0 aromatic heterocycles. The van der Waals surface area contributed by atoms with E-state index in [9.17, 15) is 10.1 Å². The monoisotopic (exact) mass is 372 g/mol. The summed E-state index contributed by atoms with van der Waals surface area (Å²) in [6.07, 6.45) is 3.58. The maximum absolute atomic E-state index is 12.2. The predicted molar refractivity (Wildman–Crippen MR) is 94.6 cm³/mol. The fourth-order valence-corrected chi connectivity index (χ4v) is 2.56. The van der Waals surface area contributed by atoms with Crippen LogP contribution in [-0.4, -0.2) is 12.2 Å². The van der Waals surface area contributed by atoms with E-state index in [2.05, 4.69) is 21.2 Å². The summed E-state index contributed by atoms with van der Waals surface area (Å²) < 4.78 is 0.768. The number of hydrogen-bond donors (Lipinski definition) is 1. The number of carbonyl (C=O) groups excluding carboxylic acids is 1. The summed E-state index contributed by atoms with van der Waals surface area (Å²) in [7, 11) is 0. The SMILES string of the molecule is CSc1ccc(C=C(C#N)C(=O)Nc2ccccc2Br)cc1. The molecule has 2 aromatic rings. The van der Waals surface area contributed by atoms with Crippen LogP contribution in [0.4, 0.5) is 5.69 Å². The second-order valence-corrected chi connectivity index (χ2v) is 6.11. The number of nitrogens with zero attached hydrogens (tertiary/aromatic N) is 1. The molecule has 2 aromatic carbocycles. The Morgan fingerprint density at radius 2 is 1.91 bits per heavy atom. The summed E-state index contributed by atoms with van der Waals surface area (Å²) >= 11 is 5.00. The van der Waals surface area contributed by atoms with E-state index in [1.54, 1.807) is 23.9 Å². The molecule has 0 heterocycles. The van der Waals surface area contributed by atoms with Crippen LogP contribution in [0.2, 0.25) is 0 Å². The topological polar surface area (TPSA) is 52.9 Å². The Bertz CT molecular complexity index is 748. The third kappa shape index (κ3) is 4.23. The van der Waals surface area contributed by atoms with Crippen LogP contribution in [0.15, 0.2) is 63.5 Å². The van der Waals surface area contributed by atoms with E-state index in [4.69, 9.17) is 0 Å². The molecule has 2 rings (SSSR count). The van der Waals surface area contributed by atoms with Crippen molar-refractivity contribution < 1.29 is 4.79 Å². The van der Waals surface area contributed by atoms with Gasteiger partial charge in [-0.1, -0.05) is 24.3 Å². The minimum Gasteiger partial charge on any atom is -0.320 e. The highest BCUT2D eigenvalue weighted by Gasteiger charge is 2.10. The molecule has 0 aliphatic rings. The van der Waals surface area contributed by atoms with E-state index >= 15 is 0 Å². The Hall–Kier alpha value is -2.03. The molecule has 0 bridgehead atoms. The normalized spacial score (nSPS) is 10.9. The summed E-state index contributed by atoms with van der Waals surface area (Å²) in [6.45, 7) is 0. The van der Waals surface area contributed by atoms with Gasteiger partial charge < -0.3 is 5.32 Å². The lowest BCUT2D eigenvalue weighted by atomic mass is 10.1. The van der Waals surface area contributed by atoms with Gasteiger partial charge in [0.1, 0.15) is 11.6 Å².